The highest BCUT2D eigenvalue weighted by Gasteiger charge is 2.29. The van der Waals surface area contributed by atoms with Crippen LogP contribution in [-0.2, 0) is 4.79 Å². The molecule has 0 aromatic rings. The molecule has 0 aliphatic carbocycles. The summed E-state index contributed by atoms with van der Waals surface area (Å²) in [5.41, 5.74) is 5.92. The van der Waals surface area contributed by atoms with Crippen LogP contribution in [-0.4, -0.2) is 60.5 Å². The summed E-state index contributed by atoms with van der Waals surface area (Å²) < 4.78 is 0. The monoisotopic (exact) mass is 254 g/mol. The van der Waals surface area contributed by atoms with Crippen LogP contribution in [0.3, 0.4) is 0 Å². The number of nitrogens with two attached hydrogens (primary N) is 1. The van der Waals surface area contributed by atoms with Crippen LogP contribution in [0.15, 0.2) is 0 Å². The SMILES string of the molecule is CC(N)C1CCCN(CC(=O)N2CCNC2=O)C1. The van der Waals surface area contributed by atoms with Crippen molar-refractivity contribution in [1.29, 1.82) is 0 Å². The largest absolute Gasteiger partial charge is 0.336 e. The molecule has 0 saturated carbocycles. The van der Waals surface area contributed by atoms with Crippen molar-refractivity contribution in [2.75, 3.05) is 32.7 Å². The van der Waals surface area contributed by atoms with Gasteiger partial charge in [0.2, 0.25) is 5.91 Å². The van der Waals surface area contributed by atoms with Crippen LogP contribution < -0.4 is 11.1 Å². The zero-order valence-electron chi connectivity index (χ0n) is 10.9. The van der Waals surface area contributed by atoms with Gasteiger partial charge in [0.05, 0.1) is 6.54 Å². The first kappa shape index (κ1) is 13.3. The summed E-state index contributed by atoms with van der Waals surface area (Å²) in [6.07, 6.45) is 2.21. The van der Waals surface area contributed by atoms with Crippen molar-refractivity contribution in [1.82, 2.24) is 15.1 Å². The number of imide groups is 1. The van der Waals surface area contributed by atoms with Gasteiger partial charge in [-0.2, -0.15) is 0 Å². The Bertz CT molecular complexity index is 332. The predicted octanol–water partition coefficient (Wildman–Crippen LogP) is -0.403. The van der Waals surface area contributed by atoms with Crippen molar-refractivity contribution in [2.24, 2.45) is 11.7 Å². The Labute approximate surface area is 107 Å². The molecule has 0 spiro atoms. The van der Waals surface area contributed by atoms with E-state index in [0.717, 1.165) is 25.9 Å². The Morgan fingerprint density at radius 3 is 2.94 bits per heavy atom. The Hall–Kier alpha value is -1.14. The van der Waals surface area contributed by atoms with Gasteiger partial charge in [-0.1, -0.05) is 0 Å². The molecule has 18 heavy (non-hydrogen) atoms. The van der Waals surface area contributed by atoms with Crippen molar-refractivity contribution in [3.05, 3.63) is 0 Å². The van der Waals surface area contributed by atoms with E-state index in [1.807, 2.05) is 6.92 Å². The summed E-state index contributed by atoms with van der Waals surface area (Å²) in [4.78, 5) is 26.8. The minimum atomic E-state index is -0.263. The number of carbonyl (C=O) groups excluding carboxylic acids is 2. The van der Waals surface area contributed by atoms with E-state index >= 15 is 0 Å². The first-order valence-electron chi connectivity index (χ1n) is 6.64. The standard InChI is InChI=1S/C12H22N4O2/c1-9(13)10-3-2-5-15(7-10)8-11(17)16-6-4-14-12(16)18/h9-10H,2-8,13H2,1H3,(H,14,18). The molecule has 2 aliphatic rings. The molecular weight excluding hydrogens is 232 g/mol. The van der Waals surface area contributed by atoms with Gasteiger partial charge in [-0.15, -0.1) is 0 Å². The van der Waals surface area contributed by atoms with Gasteiger partial charge in [0, 0.05) is 25.7 Å². The fourth-order valence-corrected chi connectivity index (χ4v) is 2.65. The second-order valence-electron chi connectivity index (χ2n) is 5.27. The molecule has 2 saturated heterocycles. The molecule has 0 radical (unpaired) electrons. The normalized spacial score (nSPS) is 27.1. The first-order valence-corrected chi connectivity index (χ1v) is 6.64. The molecule has 3 N–H and O–H groups in total. The Kier molecular flexibility index (Phi) is 4.19. The molecule has 2 unspecified atom stereocenters. The van der Waals surface area contributed by atoms with Crippen LogP contribution in [0.1, 0.15) is 19.8 Å². The van der Waals surface area contributed by atoms with Gasteiger partial charge in [0.15, 0.2) is 0 Å². The summed E-state index contributed by atoms with van der Waals surface area (Å²) in [5.74, 6) is 0.356. The molecule has 2 rings (SSSR count). The third-order valence-corrected chi connectivity index (χ3v) is 3.80. The molecule has 2 fully saturated rings. The highest BCUT2D eigenvalue weighted by molar-refractivity contribution is 5.96. The molecule has 102 valence electrons. The third kappa shape index (κ3) is 3.00. The van der Waals surface area contributed by atoms with Crippen LogP contribution >= 0.6 is 0 Å². The number of nitrogens with one attached hydrogen (secondary N) is 1. The van der Waals surface area contributed by atoms with E-state index in [1.165, 1.54) is 4.90 Å². The molecule has 0 aromatic heterocycles. The van der Waals surface area contributed by atoms with E-state index in [-0.39, 0.29) is 18.0 Å². The average molecular weight is 254 g/mol. The number of urea groups is 1. The molecule has 2 aliphatic heterocycles. The highest BCUT2D eigenvalue weighted by atomic mass is 16.2. The van der Waals surface area contributed by atoms with Crippen molar-refractivity contribution in [3.63, 3.8) is 0 Å². The van der Waals surface area contributed by atoms with Gasteiger partial charge in [0.1, 0.15) is 0 Å². The van der Waals surface area contributed by atoms with Crippen LogP contribution in [0.5, 0.6) is 0 Å². The number of hydrogen-bond donors (Lipinski definition) is 2. The highest BCUT2D eigenvalue weighted by Crippen LogP contribution is 2.18. The molecular formula is C12H22N4O2. The van der Waals surface area contributed by atoms with Gasteiger partial charge in [-0.05, 0) is 32.2 Å². The third-order valence-electron chi connectivity index (χ3n) is 3.80. The fraction of sp³-hybridized carbons (Fsp3) is 0.833. The molecule has 2 heterocycles. The molecule has 0 bridgehead atoms. The van der Waals surface area contributed by atoms with Gasteiger partial charge in [-0.25, -0.2) is 4.79 Å². The van der Waals surface area contributed by atoms with E-state index in [9.17, 15) is 9.59 Å². The predicted molar refractivity (Wildman–Crippen MR) is 67.9 cm³/mol. The van der Waals surface area contributed by atoms with E-state index in [0.29, 0.717) is 25.6 Å². The average Bonchev–Trinajstić information content (AvgIpc) is 2.76. The second-order valence-corrected chi connectivity index (χ2v) is 5.27. The van der Waals surface area contributed by atoms with Crippen molar-refractivity contribution >= 4 is 11.9 Å². The smallest absolute Gasteiger partial charge is 0.324 e. The zero-order chi connectivity index (χ0) is 13.1. The molecule has 0 aromatic carbocycles. The van der Waals surface area contributed by atoms with Crippen LogP contribution in [0.2, 0.25) is 0 Å². The van der Waals surface area contributed by atoms with E-state index in [4.69, 9.17) is 5.73 Å². The zero-order valence-corrected chi connectivity index (χ0v) is 10.9. The van der Waals surface area contributed by atoms with Crippen molar-refractivity contribution in [3.8, 4) is 0 Å². The Morgan fingerprint density at radius 1 is 1.56 bits per heavy atom. The topological polar surface area (TPSA) is 78.7 Å². The number of piperidine rings is 1. The fourth-order valence-electron chi connectivity index (χ4n) is 2.65. The minimum Gasteiger partial charge on any atom is -0.336 e. The van der Waals surface area contributed by atoms with Crippen molar-refractivity contribution in [2.45, 2.75) is 25.8 Å². The molecule has 2 atom stereocenters. The van der Waals surface area contributed by atoms with Gasteiger partial charge in [0.25, 0.3) is 0 Å². The lowest BCUT2D eigenvalue weighted by Crippen LogP contribution is -2.47. The van der Waals surface area contributed by atoms with Crippen molar-refractivity contribution < 1.29 is 9.59 Å². The molecule has 6 nitrogen and oxygen atoms in total. The van der Waals surface area contributed by atoms with Crippen LogP contribution in [0, 0.1) is 5.92 Å². The quantitative estimate of drug-likeness (QED) is 0.718. The lowest BCUT2D eigenvalue weighted by molar-refractivity contribution is -0.129. The van der Waals surface area contributed by atoms with Crippen LogP contribution in [0.4, 0.5) is 4.79 Å². The summed E-state index contributed by atoms with van der Waals surface area (Å²) in [6.45, 7) is 5.18. The first-order chi connectivity index (χ1) is 8.58. The number of amides is 3. The second kappa shape index (κ2) is 5.67. The maximum atomic E-state index is 12.0. The number of nitrogens with zero attached hydrogens (tertiary/aromatic N) is 2. The number of rotatable bonds is 3. The maximum Gasteiger partial charge on any atom is 0.324 e. The minimum absolute atomic E-state index is 0.102. The lowest BCUT2D eigenvalue weighted by atomic mass is 9.92. The summed E-state index contributed by atoms with van der Waals surface area (Å²) >= 11 is 0. The lowest BCUT2D eigenvalue weighted by Gasteiger charge is -2.34. The maximum absolute atomic E-state index is 12.0. The Balaban J connectivity index is 1.85. The molecule has 3 amide bonds. The summed E-state index contributed by atoms with van der Waals surface area (Å²) in [6, 6.07) is -0.0984. The number of likely N-dealkylation sites (tertiary alicyclic amines) is 1. The van der Waals surface area contributed by atoms with Gasteiger partial charge in [-0.3, -0.25) is 14.6 Å². The Morgan fingerprint density at radius 2 is 2.33 bits per heavy atom. The summed E-state index contributed by atoms with van der Waals surface area (Å²) in [7, 11) is 0. The van der Waals surface area contributed by atoms with Gasteiger partial charge >= 0.3 is 6.03 Å². The number of carbonyl (C=O) groups is 2. The number of hydrogen-bond acceptors (Lipinski definition) is 4. The molecule has 6 heteroatoms. The van der Waals surface area contributed by atoms with Crippen LogP contribution in [0.25, 0.3) is 0 Å². The van der Waals surface area contributed by atoms with E-state index in [1.54, 1.807) is 0 Å². The van der Waals surface area contributed by atoms with Gasteiger partial charge < -0.3 is 11.1 Å². The van der Waals surface area contributed by atoms with E-state index < -0.39 is 0 Å². The van der Waals surface area contributed by atoms with E-state index in [2.05, 4.69) is 10.2 Å². The summed E-state index contributed by atoms with van der Waals surface area (Å²) in [5, 5.41) is 2.64.